The first-order chi connectivity index (χ1) is 16.5. The third-order valence-electron chi connectivity index (χ3n) is 5.83. The van der Waals surface area contributed by atoms with Gasteiger partial charge in [0.05, 0.1) is 35.6 Å². The van der Waals surface area contributed by atoms with Gasteiger partial charge in [0.25, 0.3) is 5.56 Å². The second kappa shape index (κ2) is 8.79. The van der Waals surface area contributed by atoms with Gasteiger partial charge in [0.2, 0.25) is 0 Å². The number of benzene rings is 2. The van der Waals surface area contributed by atoms with Crippen molar-refractivity contribution in [3.05, 3.63) is 96.8 Å². The largest absolute Gasteiger partial charge is 0.497 e. The molecular weight excluding hydrogens is 450 g/mol. The molecule has 7 nitrogen and oxygen atoms in total. The number of methoxy groups -OCH3 is 1. The minimum atomic E-state index is -0.671. The van der Waals surface area contributed by atoms with Gasteiger partial charge in [-0.3, -0.25) is 9.36 Å². The fourth-order valence-corrected chi connectivity index (χ4v) is 5.31. The number of hydrogen-bond acceptors (Lipinski definition) is 6. The van der Waals surface area contributed by atoms with Gasteiger partial charge in [-0.15, -0.1) is 0 Å². The lowest BCUT2D eigenvalue weighted by Crippen LogP contribution is -2.39. The quantitative estimate of drug-likeness (QED) is 0.451. The number of rotatable bonds is 5. The fourth-order valence-electron chi connectivity index (χ4n) is 4.27. The summed E-state index contributed by atoms with van der Waals surface area (Å²) in [5, 5.41) is 1.03. The zero-order valence-corrected chi connectivity index (χ0v) is 19.8. The Labute approximate surface area is 199 Å². The van der Waals surface area contributed by atoms with E-state index in [4.69, 9.17) is 9.47 Å². The molecule has 3 heterocycles. The summed E-state index contributed by atoms with van der Waals surface area (Å²) in [6, 6.07) is 14.6. The van der Waals surface area contributed by atoms with Crippen LogP contribution in [-0.4, -0.2) is 29.2 Å². The first-order valence-corrected chi connectivity index (χ1v) is 11.7. The number of aromatic amines is 1. The molecule has 1 aliphatic heterocycles. The highest BCUT2D eigenvalue weighted by Crippen LogP contribution is 2.32. The van der Waals surface area contributed by atoms with Crippen LogP contribution in [0.3, 0.4) is 0 Å². The predicted octanol–water partition coefficient (Wildman–Crippen LogP) is 3.29. The number of allylic oxidation sites excluding steroid dienone is 1. The molecular formula is C26H23N3O4S. The van der Waals surface area contributed by atoms with Crippen LogP contribution >= 0.6 is 11.3 Å². The lowest BCUT2D eigenvalue weighted by atomic mass is 9.95. The van der Waals surface area contributed by atoms with Gasteiger partial charge in [0.15, 0.2) is 4.80 Å². The summed E-state index contributed by atoms with van der Waals surface area (Å²) in [6.07, 6.45) is 3.76. The van der Waals surface area contributed by atoms with Crippen LogP contribution < -0.4 is 19.6 Å². The van der Waals surface area contributed by atoms with Crippen LogP contribution in [0.4, 0.5) is 0 Å². The summed E-state index contributed by atoms with van der Waals surface area (Å²) in [7, 11) is 1.58. The Morgan fingerprint density at radius 1 is 1.24 bits per heavy atom. The average Bonchev–Trinajstić information content (AvgIpc) is 3.39. The molecule has 0 fully saturated rings. The zero-order valence-electron chi connectivity index (χ0n) is 19.0. The number of para-hydroxylation sites is 1. The van der Waals surface area contributed by atoms with E-state index in [0.717, 1.165) is 22.0 Å². The van der Waals surface area contributed by atoms with E-state index in [1.807, 2.05) is 60.8 Å². The van der Waals surface area contributed by atoms with E-state index < -0.39 is 12.0 Å². The molecule has 172 valence electrons. The number of nitrogens with one attached hydrogen (secondary N) is 1. The van der Waals surface area contributed by atoms with E-state index in [-0.39, 0.29) is 12.2 Å². The van der Waals surface area contributed by atoms with Crippen molar-refractivity contribution in [2.24, 2.45) is 4.99 Å². The molecule has 0 radical (unpaired) electrons. The topological polar surface area (TPSA) is 85.7 Å². The Hall–Kier alpha value is -3.91. The molecule has 1 atom stereocenters. The Morgan fingerprint density at radius 2 is 2.06 bits per heavy atom. The first-order valence-electron chi connectivity index (χ1n) is 10.9. The molecule has 0 saturated carbocycles. The molecule has 0 bridgehead atoms. The Bertz CT molecular complexity index is 1620. The third kappa shape index (κ3) is 3.66. The SMILES string of the molecule is CCOC(=O)C1=C(C)N=c2s/c(=C\c3c[nH]c4ccccc34)c(=O)n2C1c1cccc(OC)c1. The van der Waals surface area contributed by atoms with Crippen molar-refractivity contribution in [2.45, 2.75) is 19.9 Å². The molecule has 2 aromatic carbocycles. The van der Waals surface area contributed by atoms with Gasteiger partial charge in [0.1, 0.15) is 5.75 Å². The van der Waals surface area contributed by atoms with Crippen LogP contribution in [0.1, 0.15) is 31.0 Å². The molecule has 34 heavy (non-hydrogen) atoms. The molecule has 2 aromatic heterocycles. The molecule has 0 aliphatic carbocycles. The van der Waals surface area contributed by atoms with E-state index >= 15 is 0 Å². The van der Waals surface area contributed by atoms with Crippen LogP contribution in [-0.2, 0) is 9.53 Å². The van der Waals surface area contributed by atoms with Gasteiger partial charge in [-0.2, -0.15) is 0 Å². The number of ether oxygens (including phenoxy) is 2. The number of nitrogens with zero attached hydrogens (tertiary/aromatic N) is 2. The Kier molecular flexibility index (Phi) is 5.67. The number of H-pyrrole nitrogens is 1. The summed E-state index contributed by atoms with van der Waals surface area (Å²) < 4.78 is 12.9. The van der Waals surface area contributed by atoms with E-state index in [9.17, 15) is 9.59 Å². The number of hydrogen-bond donors (Lipinski definition) is 1. The number of carbonyl (C=O) groups excluding carboxylic acids is 1. The number of fused-ring (bicyclic) bond motifs is 2. The van der Waals surface area contributed by atoms with Crippen LogP contribution in [0.25, 0.3) is 17.0 Å². The number of thiazole rings is 1. The van der Waals surface area contributed by atoms with Gasteiger partial charge < -0.3 is 14.5 Å². The second-order valence-corrected chi connectivity index (χ2v) is 8.88. The molecule has 8 heteroatoms. The van der Waals surface area contributed by atoms with E-state index in [2.05, 4.69) is 9.98 Å². The van der Waals surface area contributed by atoms with Crippen LogP contribution in [0, 0.1) is 0 Å². The highest BCUT2D eigenvalue weighted by molar-refractivity contribution is 7.07. The summed E-state index contributed by atoms with van der Waals surface area (Å²) in [5.74, 6) is 0.152. The second-order valence-electron chi connectivity index (χ2n) is 7.87. The number of carbonyl (C=O) groups is 1. The molecule has 0 saturated heterocycles. The molecule has 1 aliphatic rings. The van der Waals surface area contributed by atoms with Crippen molar-refractivity contribution in [2.75, 3.05) is 13.7 Å². The van der Waals surface area contributed by atoms with Crippen molar-refractivity contribution in [1.82, 2.24) is 9.55 Å². The summed E-state index contributed by atoms with van der Waals surface area (Å²) in [4.78, 5) is 35.1. The smallest absolute Gasteiger partial charge is 0.338 e. The van der Waals surface area contributed by atoms with Gasteiger partial charge in [0, 0.05) is 22.7 Å². The van der Waals surface area contributed by atoms with Crippen LogP contribution in [0.2, 0.25) is 0 Å². The Balaban J connectivity index is 1.75. The first kappa shape index (κ1) is 21.9. The third-order valence-corrected chi connectivity index (χ3v) is 6.82. The van der Waals surface area contributed by atoms with Gasteiger partial charge in [-0.05, 0) is 43.7 Å². The molecule has 1 unspecified atom stereocenters. The summed E-state index contributed by atoms with van der Waals surface area (Å²) >= 11 is 1.30. The maximum atomic E-state index is 13.7. The predicted molar refractivity (Wildman–Crippen MR) is 132 cm³/mol. The van der Waals surface area contributed by atoms with Crippen molar-refractivity contribution >= 4 is 34.3 Å². The highest BCUT2D eigenvalue weighted by Gasteiger charge is 2.33. The maximum Gasteiger partial charge on any atom is 0.338 e. The average molecular weight is 474 g/mol. The van der Waals surface area contributed by atoms with Gasteiger partial charge in [-0.25, -0.2) is 9.79 Å². The minimum Gasteiger partial charge on any atom is -0.497 e. The van der Waals surface area contributed by atoms with E-state index in [1.54, 1.807) is 25.5 Å². The number of esters is 1. The monoisotopic (exact) mass is 473 g/mol. The minimum absolute atomic E-state index is 0.212. The standard InChI is InChI=1S/C26H23N3O4S/c1-4-33-25(31)22-15(2)28-26-29(23(22)16-8-7-9-18(12-16)32-3)24(30)21(34-26)13-17-14-27-20-11-6-5-10-19(17)20/h5-14,23,27H,4H2,1-3H3/b21-13-. The van der Waals surface area contributed by atoms with Crippen LogP contribution in [0.5, 0.6) is 5.75 Å². The fraction of sp³-hybridized carbons (Fsp3) is 0.192. The maximum absolute atomic E-state index is 13.7. The molecule has 5 rings (SSSR count). The van der Waals surface area contributed by atoms with Gasteiger partial charge in [-0.1, -0.05) is 41.7 Å². The lowest BCUT2D eigenvalue weighted by molar-refractivity contribution is -0.139. The lowest BCUT2D eigenvalue weighted by Gasteiger charge is -2.24. The van der Waals surface area contributed by atoms with Crippen molar-refractivity contribution in [1.29, 1.82) is 0 Å². The van der Waals surface area contributed by atoms with Crippen LogP contribution in [0.15, 0.2) is 75.8 Å². The summed E-state index contributed by atoms with van der Waals surface area (Å²) in [6.45, 7) is 3.76. The zero-order chi connectivity index (χ0) is 23.8. The molecule has 4 aromatic rings. The molecule has 0 amide bonds. The summed E-state index contributed by atoms with van der Waals surface area (Å²) in [5.41, 5.74) is 3.33. The normalized spacial score (nSPS) is 15.9. The molecule has 1 N–H and O–H groups in total. The molecule has 0 spiro atoms. The van der Waals surface area contributed by atoms with Crippen molar-refractivity contribution in [3.8, 4) is 5.75 Å². The van der Waals surface area contributed by atoms with Gasteiger partial charge >= 0.3 is 5.97 Å². The number of aromatic nitrogens is 2. The van der Waals surface area contributed by atoms with E-state index in [1.165, 1.54) is 11.3 Å². The van der Waals surface area contributed by atoms with Crippen molar-refractivity contribution < 1.29 is 14.3 Å². The van der Waals surface area contributed by atoms with Crippen molar-refractivity contribution in [3.63, 3.8) is 0 Å². The Morgan fingerprint density at radius 3 is 2.85 bits per heavy atom. The van der Waals surface area contributed by atoms with E-state index in [0.29, 0.717) is 26.4 Å². The highest BCUT2D eigenvalue weighted by atomic mass is 32.1.